The number of carbonyl (C=O) groups is 1. The lowest BCUT2D eigenvalue weighted by Gasteiger charge is -2.19. The van der Waals surface area contributed by atoms with Crippen LogP contribution >= 0.6 is 0 Å². The number of rotatable bonds is 3. The van der Waals surface area contributed by atoms with Gasteiger partial charge in [-0.2, -0.15) is 0 Å². The highest BCUT2D eigenvalue weighted by Crippen LogP contribution is 2.24. The summed E-state index contributed by atoms with van der Waals surface area (Å²) in [6.07, 6.45) is 0. The van der Waals surface area contributed by atoms with E-state index in [0.29, 0.717) is 5.69 Å². The number of hydrogen-bond donors (Lipinski definition) is 2. The Bertz CT molecular complexity index is 388. The number of anilines is 2. The third-order valence-corrected chi connectivity index (χ3v) is 2.52. The fourth-order valence-electron chi connectivity index (χ4n) is 1.36. The minimum absolute atomic E-state index is 0.172. The van der Waals surface area contributed by atoms with Gasteiger partial charge < -0.3 is 15.7 Å². The second-order valence-corrected chi connectivity index (χ2v) is 3.54. The molecule has 0 atom stereocenters. The number of carboxylic acid groups (broad SMARTS) is 1. The van der Waals surface area contributed by atoms with Crippen LogP contribution in [0.4, 0.5) is 11.4 Å². The highest BCUT2D eigenvalue weighted by Gasteiger charge is 2.12. The Kier molecular flexibility index (Phi) is 3.19. The molecule has 4 heteroatoms. The van der Waals surface area contributed by atoms with Crippen LogP contribution in [0, 0.1) is 6.92 Å². The quantitative estimate of drug-likeness (QED) is 0.742. The third-order valence-electron chi connectivity index (χ3n) is 2.52. The van der Waals surface area contributed by atoms with Gasteiger partial charge in [0.15, 0.2) is 0 Å². The molecule has 3 N–H and O–H groups in total. The maximum absolute atomic E-state index is 10.9. The van der Waals surface area contributed by atoms with Crippen molar-refractivity contribution in [1.82, 2.24) is 0 Å². The molecule has 0 saturated heterocycles. The largest absolute Gasteiger partial charge is 0.478 e. The van der Waals surface area contributed by atoms with Crippen molar-refractivity contribution in [3.8, 4) is 0 Å². The molecule has 0 saturated carbocycles. The zero-order chi connectivity index (χ0) is 11.6. The van der Waals surface area contributed by atoms with Crippen molar-refractivity contribution in [2.24, 2.45) is 0 Å². The molecule has 0 spiro atoms. The molecule has 0 aliphatic rings. The molecular formula is C11H16N2O2. The lowest BCUT2D eigenvalue weighted by molar-refractivity contribution is 0.0698. The molecule has 0 aliphatic carbocycles. The van der Waals surface area contributed by atoms with Crippen LogP contribution in [0.25, 0.3) is 0 Å². The second-order valence-electron chi connectivity index (χ2n) is 3.54. The summed E-state index contributed by atoms with van der Waals surface area (Å²) in [4.78, 5) is 12.9. The van der Waals surface area contributed by atoms with Gasteiger partial charge in [-0.3, -0.25) is 0 Å². The van der Waals surface area contributed by atoms with Crippen LogP contribution in [0.15, 0.2) is 12.1 Å². The summed E-state index contributed by atoms with van der Waals surface area (Å²) in [5, 5.41) is 8.97. The first-order valence-corrected chi connectivity index (χ1v) is 4.82. The Labute approximate surface area is 89.3 Å². The molecule has 1 rings (SSSR count). The summed E-state index contributed by atoms with van der Waals surface area (Å²) in [7, 11) is 1.91. The lowest BCUT2D eigenvalue weighted by atomic mass is 10.1. The van der Waals surface area contributed by atoms with Crippen molar-refractivity contribution in [2.45, 2.75) is 13.8 Å². The van der Waals surface area contributed by atoms with Crippen molar-refractivity contribution >= 4 is 17.3 Å². The van der Waals surface area contributed by atoms with Gasteiger partial charge in [0.2, 0.25) is 0 Å². The first-order chi connectivity index (χ1) is 6.97. The molecule has 82 valence electrons. The Balaban J connectivity index is 3.29. The summed E-state index contributed by atoms with van der Waals surface area (Å²) in [5.74, 6) is -0.984. The van der Waals surface area contributed by atoms with E-state index in [9.17, 15) is 4.79 Å². The first-order valence-electron chi connectivity index (χ1n) is 4.82. The van der Waals surface area contributed by atoms with Gasteiger partial charge >= 0.3 is 5.97 Å². The molecule has 0 aliphatic heterocycles. The van der Waals surface area contributed by atoms with Gasteiger partial charge in [0.25, 0.3) is 0 Å². The number of carboxylic acids is 1. The van der Waals surface area contributed by atoms with Crippen molar-refractivity contribution < 1.29 is 9.90 Å². The average molecular weight is 208 g/mol. The normalized spacial score (nSPS) is 10.1. The SMILES string of the molecule is CCN(C)c1cc(C)c(N)c(C(=O)O)c1. The standard InChI is InChI=1S/C11H16N2O2/c1-4-13(3)8-5-7(2)10(12)9(6-8)11(14)15/h5-6H,4,12H2,1-3H3,(H,14,15). The predicted octanol–water partition coefficient (Wildman–Crippen LogP) is 1.73. The smallest absolute Gasteiger partial charge is 0.337 e. The van der Waals surface area contributed by atoms with E-state index in [1.807, 2.05) is 31.9 Å². The van der Waals surface area contributed by atoms with Crippen LogP contribution in [0.1, 0.15) is 22.8 Å². The molecule has 0 unspecified atom stereocenters. The summed E-state index contributed by atoms with van der Waals surface area (Å²) >= 11 is 0. The molecule has 0 heterocycles. The van der Waals surface area contributed by atoms with Crippen LogP contribution in [-0.4, -0.2) is 24.7 Å². The van der Waals surface area contributed by atoms with Gasteiger partial charge in [0, 0.05) is 25.0 Å². The molecule has 0 amide bonds. The molecular weight excluding hydrogens is 192 g/mol. The summed E-state index contributed by atoms with van der Waals surface area (Å²) in [6.45, 7) is 4.64. The Morgan fingerprint density at radius 1 is 1.53 bits per heavy atom. The lowest BCUT2D eigenvalue weighted by Crippen LogP contribution is -2.17. The Morgan fingerprint density at radius 2 is 2.13 bits per heavy atom. The van der Waals surface area contributed by atoms with Crippen LogP contribution in [0.2, 0.25) is 0 Å². The number of aryl methyl sites for hydroxylation is 1. The summed E-state index contributed by atoms with van der Waals surface area (Å²) in [6, 6.07) is 3.50. The topological polar surface area (TPSA) is 66.6 Å². The first kappa shape index (κ1) is 11.4. The van der Waals surface area contributed by atoms with E-state index in [0.717, 1.165) is 17.8 Å². The monoisotopic (exact) mass is 208 g/mol. The molecule has 1 aromatic carbocycles. The summed E-state index contributed by atoms with van der Waals surface area (Å²) < 4.78 is 0. The van der Waals surface area contributed by atoms with E-state index in [1.165, 1.54) is 0 Å². The fraction of sp³-hybridized carbons (Fsp3) is 0.364. The van der Waals surface area contributed by atoms with Crippen LogP contribution in [-0.2, 0) is 0 Å². The highest BCUT2D eigenvalue weighted by molar-refractivity contribution is 5.95. The third kappa shape index (κ3) is 2.21. The van der Waals surface area contributed by atoms with E-state index in [4.69, 9.17) is 10.8 Å². The zero-order valence-corrected chi connectivity index (χ0v) is 9.24. The number of benzene rings is 1. The predicted molar refractivity (Wildman–Crippen MR) is 61.5 cm³/mol. The van der Waals surface area contributed by atoms with E-state index in [-0.39, 0.29) is 5.56 Å². The molecule has 15 heavy (non-hydrogen) atoms. The van der Waals surface area contributed by atoms with E-state index < -0.39 is 5.97 Å². The number of nitrogens with zero attached hydrogens (tertiary/aromatic N) is 1. The molecule has 0 bridgehead atoms. The van der Waals surface area contributed by atoms with Crippen molar-refractivity contribution in [3.05, 3.63) is 23.3 Å². The summed E-state index contributed by atoms with van der Waals surface area (Å²) in [5.41, 5.74) is 7.88. The highest BCUT2D eigenvalue weighted by atomic mass is 16.4. The van der Waals surface area contributed by atoms with Gasteiger partial charge in [0.05, 0.1) is 5.56 Å². The van der Waals surface area contributed by atoms with Crippen molar-refractivity contribution in [1.29, 1.82) is 0 Å². The molecule has 1 aromatic rings. The minimum atomic E-state index is -0.984. The second kappa shape index (κ2) is 4.21. The molecule has 4 nitrogen and oxygen atoms in total. The Morgan fingerprint density at radius 3 is 2.60 bits per heavy atom. The van der Waals surface area contributed by atoms with Gasteiger partial charge in [-0.15, -0.1) is 0 Å². The molecule has 0 radical (unpaired) electrons. The Hall–Kier alpha value is -1.71. The molecule has 0 fully saturated rings. The average Bonchev–Trinajstić information content (AvgIpc) is 2.20. The number of hydrogen-bond acceptors (Lipinski definition) is 3. The van der Waals surface area contributed by atoms with Crippen molar-refractivity contribution in [2.75, 3.05) is 24.2 Å². The van der Waals surface area contributed by atoms with Crippen molar-refractivity contribution in [3.63, 3.8) is 0 Å². The van der Waals surface area contributed by atoms with Crippen LogP contribution in [0.3, 0.4) is 0 Å². The van der Waals surface area contributed by atoms with E-state index >= 15 is 0 Å². The fourth-order valence-corrected chi connectivity index (χ4v) is 1.36. The van der Waals surface area contributed by atoms with E-state index in [2.05, 4.69) is 0 Å². The van der Waals surface area contributed by atoms with Crippen LogP contribution in [0.5, 0.6) is 0 Å². The number of aromatic carboxylic acids is 1. The molecule has 0 aromatic heterocycles. The minimum Gasteiger partial charge on any atom is -0.478 e. The van der Waals surface area contributed by atoms with Gasteiger partial charge in [-0.05, 0) is 31.5 Å². The maximum Gasteiger partial charge on any atom is 0.337 e. The zero-order valence-electron chi connectivity index (χ0n) is 9.24. The van der Waals surface area contributed by atoms with E-state index in [1.54, 1.807) is 6.07 Å². The van der Waals surface area contributed by atoms with Gasteiger partial charge in [0.1, 0.15) is 0 Å². The van der Waals surface area contributed by atoms with Crippen LogP contribution < -0.4 is 10.6 Å². The maximum atomic E-state index is 10.9. The van der Waals surface area contributed by atoms with Gasteiger partial charge in [-0.1, -0.05) is 0 Å². The van der Waals surface area contributed by atoms with Gasteiger partial charge in [-0.25, -0.2) is 4.79 Å². The number of nitrogen functional groups attached to an aromatic ring is 1. The number of nitrogens with two attached hydrogens (primary N) is 1.